The van der Waals surface area contributed by atoms with Gasteiger partial charge in [-0.25, -0.2) is 25.6 Å². The van der Waals surface area contributed by atoms with E-state index >= 15 is 0 Å². The van der Waals surface area contributed by atoms with E-state index < -0.39 is 48.9 Å². The second-order valence-corrected chi connectivity index (χ2v) is 9.70. The van der Waals surface area contributed by atoms with E-state index in [1.807, 2.05) is 4.72 Å². The van der Waals surface area contributed by atoms with Crippen molar-refractivity contribution in [3.8, 4) is 5.75 Å². The third kappa shape index (κ3) is 3.78. The number of carbonyl (C=O) groups is 1. The first-order valence-electron chi connectivity index (χ1n) is 7.85. The molecule has 0 aliphatic carbocycles. The SMILES string of the molecule is CCS(=O)(=O)c1cc2c(c(S(=O)(=O)Nc3ccc(F)c(F)c3)c1)OCC(=O)N2. The van der Waals surface area contributed by atoms with Crippen LogP contribution in [0.15, 0.2) is 40.1 Å². The number of anilines is 2. The standard InChI is InChI=1S/C16H14F2N2O6S2/c1-2-27(22,23)10-6-13-16(26-8-15(21)19-13)14(7-10)28(24,25)20-9-3-4-11(17)12(18)5-9/h3-7,20H,2,8H2,1H3,(H,19,21). The molecule has 8 nitrogen and oxygen atoms in total. The fourth-order valence-corrected chi connectivity index (χ4v) is 4.70. The summed E-state index contributed by atoms with van der Waals surface area (Å²) in [7, 11) is -8.30. The molecule has 28 heavy (non-hydrogen) atoms. The summed E-state index contributed by atoms with van der Waals surface area (Å²) in [5.41, 5.74) is -0.410. The molecule has 0 saturated heterocycles. The smallest absolute Gasteiger partial charge is 0.265 e. The number of sulfone groups is 1. The third-order valence-corrected chi connectivity index (χ3v) is 6.95. The zero-order valence-corrected chi connectivity index (χ0v) is 16.0. The van der Waals surface area contributed by atoms with Crippen molar-refractivity contribution in [1.82, 2.24) is 0 Å². The van der Waals surface area contributed by atoms with Crippen molar-refractivity contribution in [3.63, 3.8) is 0 Å². The van der Waals surface area contributed by atoms with Gasteiger partial charge in [0.15, 0.2) is 33.8 Å². The first-order valence-corrected chi connectivity index (χ1v) is 11.0. The molecule has 3 rings (SSSR count). The molecule has 1 heterocycles. The molecule has 0 spiro atoms. The summed E-state index contributed by atoms with van der Waals surface area (Å²) in [5, 5.41) is 2.36. The van der Waals surface area contributed by atoms with E-state index in [4.69, 9.17) is 4.74 Å². The predicted molar refractivity (Wildman–Crippen MR) is 95.5 cm³/mol. The molecule has 150 valence electrons. The van der Waals surface area contributed by atoms with Gasteiger partial charge in [-0.15, -0.1) is 0 Å². The number of nitrogens with one attached hydrogen (secondary N) is 2. The van der Waals surface area contributed by atoms with Crippen LogP contribution in [0, 0.1) is 11.6 Å². The van der Waals surface area contributed by atoms with Gasteiger partial charge in [-0.1, -0.05) is 6.92 Å². The lowest BCUT2D eigenvalue weighted by Gasteiger charge is -2.22. The Kier molecular flexibility index (Phi) is 5.02. The van der Waals surface area contributed by atoms with Gasteiger partial charge in [0.1, 0.15) is 4.90 Å². The van der Waals surface area contributed by atoms with Crippen molar-refractivity contribution in [2.24, 2.45) is 0 Å². The Labute approximate surface area is 159 Å². The summed E-state index contributed by atoms with van der Waals surface area (Å²) in [6, 6.07) is 4.35. The highest BCUT2D eigenvalue weighted by molar-refractivity contribution is 7.93. The normalized spacial score (nSPS) is 14.0. The molecule has 2 N–H and O–H groups in total. The Morgan fingerprint density at radius 3 is 2.46 bits per heavy atom. The van der Waals surface area contributed by atoms with Crippen molar-refractivity contribution in [1.29, 1.82) is 0 Å². The Balaban J connectivity index is 2.15. The largest absolute Gasteiger partial charge is 0.480 e. The summed E-state index contributed by atoms with van der Waals surface area (Å²) in [6.07, 6.45) is 0. The quantitative estimate of drug-likeness (QED) is 0.745. The molecule has 1 amide bonds. The number of halogens is 2. The molecule has 1 aliphatic rings. The maximum atomic E-state index is 13.4. The van der Waals surface area contributed by atoms with E-state index in [9.17, 15) is 30.4 Å². The Morgan fingerprint density at radius 2 is 1.82 bits per heavy atom. The van der Waals surface area contributed by atoms with E-state index in [-0.39, 0.29) is 27.8 Å². The molecule has 0 bridgehead atoms. The molecule has 0 unspecified atom stereocenters. The van der Waals surface area contributed by atoms with Crippen LogP contribution in [-0.2, 0) is 24.7 Å². The van der Waals surface area contributed by atoms with Crippen molar-refractivity contribution in [2.45, 2.75) is 16.7 Å². The molecule has 1 aliphatic heterocycles. The van der Waals surface area contributed by atoms with Gasteiger partial charge in [0.2, 0.25) is 0 Å². The molecule has 0 fully saturated rings. The lowest BCUT2D eigenvalue weighted by molar-refractivity contribution is -0.118. The third-order valence-electron chi connectivity index (χ3n) is 3.85. The first-order chi connectivity index (χ1) is 13.0. The fraction of sp³-hybridized carbons (Fsp3) is 0.188. The Hall–Kier alpha value is -2.73. The van der Waals surface area contributed by atoms with Gasteiger partial charge in [-0.2, -0.15) is 0 Å². The van der Waals surface area contributed by atoms with Gasteiger partial charge in [0.25, 0.3) is 15.9 Å². The molecule has 2 aromatic rings. The number of amides is 1. The van der Waals surface area contributed by atoms with E-state index in [0.29, 0.717) is 6.07 Å². The predicted octanol–water partition coefficient (Wildman–Crippen LogP) is 1.89. The number of hydrogen-bond donors (Lipinski definition) is 2. The van der Waals surface area contributed by atoms with Crippen LogP contribution in [0.25, 0.3) is 0 Å². The number of benzene rings is 2. The minimum Gasteiger partial charge on any atom is -0.480 e. The monoisotopic (exact) mass is 432 g/mol. The maximum absolute atomic E-state index is 13.4. The van der Waals surface area contributed by atoms with Gasteiger partial charge >= 0.3 is 0 Å². The van der Waals surface area contributed by atoms with Crippen LogP contribution in [0.4, 0.5) is 20.2 Å². The molecular weight excluding hydrogens is 418 g/mol. The van der Waals surface area contributed by atoms with Crippen molar-refractivity contribution in [2.75, 3.05) is 22.4 Å². The van der Waals surface area contributed by atoms with E-state index in [1.54, 1.807) is 0 Å². The zero-order chi connectivity index (χ0) is 20.7. The van der Waals surface area contributed by atoms with Crippen LogP contribution in [0.5, 0.6) is 5.75 Å². The van der Waals surface area contributed by atoms with Gasteiger partial charge < -0.3 is 10.1 Å². The number of carbonyl (C=O) groups excluding carboxylic acids is 1. The molecular formula is C16H14F2N2O6S2. The second-order valence-electron chi connectivity index (χ2n) is 5.77. The molecule has 0 radical (unpaired) electrons. The zero-order valence-electron chi connectivity index (χ0n) is 14.3. The van der Waals surface area contributed by atoms with Crippen LogP contribution in [0.2, 0.25) is 0 Å². The second kappa shape index (κ2) is 7.02. The summed E-state index contributed by atoms with van der Waals surface area (Å²) in [5.74, 6) is -3.59. The lowest BCUT2D eigenvalue weighted by atomic mass is 10.2. The van der Waals surface area contributed by atoms with Crippen LogP contribution in [0.3, 0.4) is 0 Å². The van der Waals surface area contributed by atoms with Crippen LogP contribution in [-0.4, -0.2) is 35.1 Å². The fourth-order valence-electron chi connectivity index (χ4n) is 2.46. The van der Waals surface area contributed by atoms with E-state index in [0.717, 1.165) is 24.3 Å². The minimum atomic E-state index is -4.47. The number of hydrogen-bond acceptors (Lipinski definition) is 6. The maximum Gasteiger partial charge on any atom is 0.265 e. The van der Waals surface area contributed by atoms with E-state index in [1.165, 1.54) is 6.92 Å². The topological polar surface area (TPSA) is 119 Å². The molecule has 2 aromatic carbocycles. The highest BCUT2D eigenvalue weighted by atomic mass is 32.2. The highest BCUT2D eigenvalue weighted by Crippen LogP contribution is 2.38. The lowest BCUT2D eigenvalue weighted by Crippen LogP contribution is -2.28. The number of rotatable bonds is 5. The van der Waals surface area contributed by atoms with Crippen molar-refractivity contribution < 1.29 is 35.1 Å². The summed E-state index contributed by atoms with van der Waals surface area (Å²) < 4.78 is 83.7. The summed E-state index contributed by atoms with van der Waals surface area (Å²) in [4.78, 5) is 10.6. The van der Waals surface area contributed by atoms with Crippen LogP contribution < -0.4 is 14.8 Å². The highest BCUT2D eigenvalue weighted by Gasteiger charge is 2.30. The number of sulfonamides is 1. The first kappa shape index (κ1) is 20.0. The minimum absolute atomic E-state index is 0.128. The Bertz CT molecular complexity index is 1180. The van der Waals surface area contributed by atoms with Gasteiger partial charge in [-0.3, -0.25) is 9.52 Å². The van der Waals surface area contributed by atoms with Gasteiger partial charge in [0.05, 0.1) is 22.0 Å². The number of fused-ring (bicyclic) bond motifs is 1. The Morgan fingerprint density at radius 1 is 1.11 bits per heavy atom. The van der Waals surface area contributed by atoms with E-state index in [2.05, 4.69) is 5.32 Å². The molecule has 0 saturated carbocycles. The average Bonchev–Trinajstić information content (AvgIpc) is 2.63. The summed E-state index contributed by atoms with van der Waals surface area (Å²) in [6.45, 7) is 0.901. The van der Waals surface area contributed by atoms with Crippen molar-refractivity contribution >= 4 is 37.1 Å². The average molecular weight is 432 g/mol. The van der Waals surface area contributed by atoms with Crippen molar-refractivity contribution in [3.05, 3.63) is 42.0 Å². The van der Waals surface area contributed by atoms with Gasteiger partial charge in [-0.05, 0) is 24.3 Å². The van der Waals surface area contributed by atoms with Crippen LogP contribution in [0.1, 0.15) is 6.92 Å². The molecule has 0 aromatic heterocycles. The van der Waals surface area contributed by atoms with Crippen LogP contribution >= 0.6 is 0 Å². The van der Waals surface area contributed by atoms with Gasteiger partial charge in [0, 0.05) is 6.07 Å². The molecule has 12 heteroatoms. The molecule has 0 atom stereocenters. The summed E-state index contributed by atoms with van der Waals surface area (Å²) >= 11 is 0. The number of ether oxygens (including phenoxy) is 1.